The van der Waals surface area contributed by atoms with Crippen molar-refractivity contribution in [3.8, 4) is 28.4 Å². The van der Waals surface area contributed by atoms with E-state index in [1.54, 1.807) is 14.2 Å². The number of rotatable bonds is 4. The molecule has 0 fully saturated rings. The summed E-state index contributed by atoms with van der Waals surface area (Å²) in [7, 11) is -1.24. The maximum absolute atomic E-state index is 14.0. The van der Waals surface area contributed by atoms with Crippen LogP contribution in [0.15, 0.2) is 78.9 Å². The summed E-state index contributed by atoms with van der Waals surface area (Å²) < 4.78 is 37.4. The molecule has 2 aliphatic carbocycles. The lowest BCUT2D eigenvalue weighted by atomic mass is 9.60. The normalized spacial score (nSPS) is 27.4. The number of benzene rings is 4. The van der Waals surface area contributed by atoms with Crippen LogP contribution in [0.2, 0.25) is 0 Å². The fourth-order valence-corrected chi connectivity index (χ4v) is 8.68. The second-order valence-corrected chi connectivity index (χ2v) is 13.8. The molecular weight excluding hydrogens is 559 g/mol. The number of phosphoric acid groups is 1. The number of fused-ring (bicyclic) bond motifs is 7. The van der Waals surface area contributed by atoms with E-state index in [2.05, 4.69) is 44.2 Å². The van der Waals surface area contributed by atoms with Crippen molar-refractivity contribution >= 4 is 7.82 Å². The monoisotopic (exact) mass is 596 g/mol. The Morgan fingerprint density at radius 2 is 1.60 bits per heavy atom. The number of hydrogen-bond donors (Lipinski definition) is 1. The van der Waals surface area contributed by atoms with E-state index in [0.29, 0.717) is 18.1 Å². The summed E-state index contributed by atoms with van der Waals surface area (Å²) in [5.74, 6) is 2.19. The van der Waals surface area contributed by atoms with E-state index >= 15 is 0 Å². The van der Waals surface area contributed by atoms with Gasteiger partial charge in [0.2, 0.25) is 0 Å². The van der Waals surface area contributed by atoms with Crippen LogP contribution in [-0.4, -0.2) is 25.2 Å². The van der Waals surface area contributed by atoms with Crippen molar-refractivity contribution in [3.63, 3.8) is 0 Å². The van der Waals surface area contributed by atoms with E-state index in [4.69, 9.17) is 18.5 Å². The van der Waals surface area contributed by atoms with Gasteiger partial charge in [0.05, 0.1) is 20.3 Å². The largest absolute Gasteiger partial charge is 0.527 e. The lowest BCUT2D eigenvalue weighted by molar-refractivity contribution is 0.0648. The zero-order chi connectivity index (χ0) is 29.9. The number of ether oxygens (including phenoxy) is 2. The van der Waals surface area contributed by atoms with Crippen LogP contribution < -0.4 is 14.0 Å². The van der Waals surface area contributed by atoms with Crippen LogP contribution in [0.5, 0.6) is 17.2 Å². The summed E-state index contributed by atoms with van der Waals surface area (Å²) in [5, 5.41) is 0. The average Bonchev–Trinajstić information content (AvgIpc) is 3.14. The van der Waals surface area contributed by atoms with Crippen LogP contribution >= 0.6 is 7.82 Å². The lowest BCUT2D eigenvalue weighted by Gasteiger charge is -2.46. The molecule has 4 aromatic carbocycles. The molecule has 1 heterocycles. The molecule has 43 heavy (non-hydrogen) atoms. The zero-order valence-electron chi connectivity index (χ0n) is 25.0. The Bertz CT molecular complexity index is 1730. The van der Waals surface area contributed by atoms with Crippen molar-refractivity contribution in [2.24, 2.45) is 5.92 Å². The van der Waals surface area contributed by atoms with Crippen molar-refractivity contribution < 1.29 is 28.0 Å². The first-order valence-corrected chi connectivity index (χ1v) is 16.5. The predicted molar refractivity (Wildman–Crippen MR) is 167 cm³/mol. The smallest absolute Gasteiger partial charge is 0.497 e. The number of hydrogen-bond acceptors (Lipinski definition) is 5. The molecule has 0 aromatic heterocycles. The van der Waals surface area contributed by atoms with E-state index in [9.17, 15) is 9.46 Å². The molecule has 5 atom stereocenters. The molecule has 6 nitrogen and oxygen atoms in total. The molecule has 0 bridgehead atoms. The predicted octanol–water partition coefficient (Wildman–Crippen LogP) is 8.02. The first kappa shape index (κ1) is 28.2. The van der Waals surface area contributed by atoms with E-state index in [1.807, 2.05) is 48.5 Å². The van der Waals surface area contributed by atoms with E-state index in [0.717, 1.165) is 58.6 Å². The van der Waals surface area contributed by atoms with Gasteiger partial charge in [0.15, 0.2) is 0 Å². The van der Waals surface area contributed by atoms with Gasteiger partial charge in [0.25, 0.3) is 0 Å². The molecule has 0 saturated heterocycles. The van der Waals surface area contributed by atoms with Crippen LogP contribution in [-0.2, 0) is 33.8 Å². The summed E-state index contributed by atoms with van der Waals surface area (Å²) in [6.45, 7) is 4.44. The van der Waals surface area contributed by atoms with Crippen LogP contribution in [0, 0.1) is 5.92 Å². The van der Waals surface area contributed by atoms with Gasteiger partial charge in [-0.15, -0.1) is 0 Å². The summed E-state index contributed by atoms with van der Waals surface area (Å²) in [5.41, 5.74) is 7.91. The molecule has 4 unspecified atom stereocenters. The summed E-state index contributed by atoms with van der Waals surface area (Å²) in [6, 6.07) is 26.4. The van der Waals surface area contributed by atoms with E-state index in [-0.39, 0.29) is 5.92 Å². The molecule has 0 spiro atoms. The van der Waals surface area contributed by atoms with Gasteiger partial charge in [-0.1, -0.05) is 62.4 Å². The Balaban J connectivity index is 1.53. The zero-order valence-corrected chi connectivity index (χ0v) is 25.9. The van der Waals surface area contributed by atoms with Gasteiger partial charge in [-0.05, 0) is 95.3 Å². The fourth-order valence-electron chi connectivity index (χ4n) is 7.57. The van der Waals surface area contributed by atoms with Crippen LogP contribution in [0.3, 0.4) is 0 Å². The molecule has 0 radical (unpaired) electrons. The highest BCUT2D eigenvalue weighted by molar-refractivity contribution is 7.47. The molecule has 1 aliphatic heterocycles. The minimum Gasteiger partial charge on any atom is -0.497 e. The maximum Gasteiger partial charge on any atom is 0.527 e. The third-order valence-electron chi connectivity index (χ3n) is 9.77. The molecule has 7 heteroatoms. The van der Waals surface area contributed by atoms with E-state index < -0.39 is 19.3 Å². The Morgan fingerprint density at radius 3 is 2.30 bits per heavy atom. The first-order chi connectivity index (χ1) is 20.7. The first-order valence-electron chi connectivity index (χ1n) is 15.0. The molecule has 7 rings (SSSR count). The highest BCUT2D eigenvalue weighted by Gasteiger charge is 2.54. The number of phosphoric ester groups is 1. The Morgan fingerprint density at radius 1 is 0.930 bits per heavy atom. The summed E-state index contributed by atoms with van der Waals surface area (Å²) >= 11 is 0. The Labute approximate surface area is 253 Å². The van der Waals surface area contributed by atoms with Crippen molar-refractivity contribution in [1.29, 1.82) is 0 Å². The molecule has 1 N–H and O–H groups in total. The van der Waals surface area contributed by atoms with Gasteiger partial charge < -0.3 is 14.0 Å². The average molecular weight is 597 g/mol. The summed E-state index contributed by atoms with van der Waals surface area (Å²) in [6.07, 6.45) is 2.88. The van der Waals surface area contributed by atoms with Crippen molar-refractivity contribution in [3.05, 3.63) is 112 Å². The molecule has 222 valence electrons. The maximum atomic E-state index is 14.0. The van der Waals surface area contributed by atoms with Crippen LogP contribution in [0.1, 0.15) is 59.6 Å². The highest BCUT2D eigenvalue weighted by Crippen LogP contribution is 2.63. The van der Waals surface area contributed by atoms with Gasteiger partial charge >= 0.3 is 7.82 Å². The van der Waals surface area contributed by atoms with Crippen LogP contribution in [0.4, 0.5) is 0 Å². The number of methoxy groups -OCH3 is 2. The van der Waals surface area contributed by atoms with Gasteiger partial charge in [-0.25, -0.2) is 4.57 Å². The van der Waals surface area contributed by atoms with Crippen molar-refractivity contribution in [1.82, 2.24) is 0 Å². The van der Waals surface area contributed by atoms with Gasteiger partial charge in [-0.2, -0.15) is 0 Å². The third kappa shape index (κ3) is 4.77. The second kappa shape index (κ2) is 10.6. The Hall–Kier alpha value is -3.57. The van der Waals surface area contributed by atoms with Crippen molar-refractivity contribution in [2.45, 2.75) is 57.0 Å². The van der Waals surface area contributed by atoms with Gasteiger partial charge in [-0.3, -0.25) is 9.42 Å². The van der Waals surface area contributed by atoms with Gasteiger partial charge in [0, 0.05) is 22.5 Å². The minimum absolute atomic E-state index is 0.310. The molecule has 0 amide bonds. The second-order valence-electron chi connectivity index (χ2n) is 12.5. The topological polar surface area (TPSA) is 74.2 Å². The molecule has 3 aliphatic rings. The quantitative estimate of drug-likeness (QED) is 0.241. The fraction of sp³-hybridized carbons (Fsp3) is 0.333. The minimum atomic E-state index is -4.54. The lowest BCUT2D eigenvalue weighted by Crippen LogP contribution is -2.47. The highest BCUT2D eigenvalue weighted by atomic mass is 31.2. The van der Waals surface area contributed by atoms with E-state index in [1.165, 1.54) is 16.7 Å². The standard InChI is InChI=1S/C36H37O6P/c1-22-9-18-30-25(19-22)20-31(23-10-14-27(39-3)15-11-23)34-32(30)33-29-8-6-5-7-24(29)21-36(2,35(33)42-43(37,38)41-34)26-12-16-28(40-4)17-13-26/h5-8,10-17,20,22,33,35H,9,18-19,21H2,1-4H3,(H,37,38)/t22?,33-,35?,36?/m1/s1. The molecule has 0 saturated carbocycles. The molecule has 4 aromatic rings. The Kier molecular flexibility index (Phi) is 6.92. The third-order valence-corrected chi connectivity index (χ3v) is 10.7. The van der Waals surface area contributed by atoms with Gasteiger partial charge in [0.1, 0.15) is 17.2 Å². The van der Waals surface area contributed by atoms with Crippen LogP contribution in [0.25, 0.3) is 11.1 Å². The van der Waals surface area contributed by atoms with Crippen molar-refractivity contribution in [2.75, 3.05) is 14.2 Å². The summed E-state index contributed by atoms with van der Waals surface area (Å²) in [4.78, 5) is 11.4. The SMILES string of the molecule is COc1ccc(-c2cc3c(c4c2OP(=O)(O)OC2[C@@H]4c4ccccc4CC2(C)c2ccc(OC)cc2)CCC(C)C3)cc1. The molecular formula is C36H37O6P.